The van der Waals surface area contributed by atoms with Crippen LogP contribution in [0.5, 0.6) is 0 Å². The van der Waals surface area contributed by atoms with Crippen LogP contribution < -0.4 is 5.32 Å². The number of rotatable bonds is 4. The molecule has 27 heavy (non-hydrogen) atoms. The van der Waals surface area contributed by atoms with E-state index >= 15 is 0 Å². The maximum absolute atomic E-state index is 12.8. The molecule has 3 aromatic rings. The second-order valence-corrected chi connectivity index (χ2v) is 8.28. The fourth-order valence-corrected chi connectivity index (χ4v) is 3.33. The number of hydrogen-bond donors (Lipinski definition) is 1. The standard InChI is InChI=1S/C21H22N2O3S/c1-13(19(24)23-21(2,3)4)26-20(25)15-12-17(18-10-7-11-27-18)22-16-9-6-5-8-14(15)16/h5-13H,1-4H3,(H,23,24)/t13-/m1/s1. The number of hydrogen-bond acceptors (Lipinski definition) is 5. The van der Waals surface area contributed by atoms with E-state index in [1.807, 2.05) is 62.5 Å². The van der Waals surface area contributed by atoms with Crippen molar-refractivity contribution in [3.63, 3.8) is 0 Å². The summed E-state index contributed by atoms with van der Waals surface area (Å²) >= 11 is 1.55. The lowest BCUT2D eigenvalue weighted by Crippen LogP contribution is -2.46. The maximum atomic E-state index is 12.8. The number of thiophene rings is 1. The number of esters is 1. The predicted octanol–water partition coefficient (Wildman–Crippen LogP) is 4.42. The number of fused-ring (bicyclic) bond motifs is 1. The Balaban J connectivity index is 1.93. The third-order valence-electron chi connectivity index (χ3n) is 3.86. The van der Waals surface area contributed by atoms with Crippen LogP contribution in [0.15, 0.2) is 47.8 Å². The quantitative estimate of drug-likeness (QED) is 0.678. The first-order valence-electron chi connectivity index (χ1n) is 8.71. The highest BCUT2D eigenvalue weighted by atomic mass is 32.1. The fraction of sp³-hybridized carbons (Fsp3) is 0.286. The van der Waals surface area contributed by atoms with Gasteiger partial charge in [0.2, 0.25) is 0 Å². The molecule has 1 N–H and O–H groups in total. The van der Waals surface area contributed by atoms with E-state index in [4.69, 9.17) is 4.74 Å². The minimum Gasteiger partial charge on any atom is -0.449 e. The van der Waals surface area contributed by atoms with E-state index in [9.17, 15) is 9.59 Å². The molecule has 0 saturated heterocycles. The monoisotopic (exact) mass is 382 g/mol. The molecule has 0 radical (unpaired) electrons. The molecule has 3 rings (SSSR count). The smallest absolute Gasteiger partial charge is 0.339 e. The van der Waals surface area contributed by atoms with Crippen LogP contribution in [0.2, 0.25) is 0 Å². The third kappa shape index (κ3) is 4.52. The summed E-state index contributed by atoms with van der Waals surface area (Å²) in [5.74, 6) is -0.865. The van der Waals surface area contributed by atoms with Crippen molar-refractivity contribution in [2.45, 2.75) is 39.3 Å². The zero-order valence-corrected chi connectivity index (χ0v) is 16.6. The number of nitrogens with zero attached hydrogens (tertiary/aromatic N) is 1. The van der Waals surface area contributed by atoms with Crippen molar-refractivity contribution in [1.29, 1.82) is 0 Å². The number of pyridine rings is 1. The Morgan fingerprint density at radius 1 is 1.15 bits per heavy atom. The van der Waals surface area contributed by atoms with Gasteiger partial charge in [-0.1, -0.05) is 24.3 Å². The molecule has 1 aromatic carbocycles. The summed E-state index contributed by atoms with van der Waals surface area (Å²) in [5, 5.41) is 5.48. The number of amides is 1. The van der Waals surface area contributed by atoms with Crippen molar-refractivity contribution < 1.29 is 14.3 Å². The van der Waals surface area contributed by atoms with Crippen molar-refractivity contribution >= 4 is 34.1 Å². The van der Waals surface area contributed by atoms with E-state index in [1.54, 1.807) is 24.3 Å². The van der Waals surface area contributed by atoms with Gasteiger partial charge in [0.05, 0.1) is 21.7 Å². The molecule has 6 heteroatoms. The number of nitrogens with one attached hydrogen (secondary N) is 1. The van der Waals surface area contributed by atoms with Gasteiger partial charge in [0.1, 0.15) is 0 Å². The van der Waals surface area contributed by atoms with Gasteiger partial charge in [0.25, 0.3) is 5.91 Å². The zero-order chi connectivity index (χ0) is 19.6. The van der Waals surface area contributed by atoms with Crippen LogP contribution >= 0.6 is 11.3 Å². The summed E-state index contributed by atoms with van der Waals surface area (Å²) in [4.78, 5) is 30.7. The summed E-state index contributed by atoms with van der Waals surface area (Å²) < 4.78 is 5.45. The highest BCUT2D eigenvalue weighted by molar-refractivity contribution is 7.13. The Kier molecular flexibility index (Phi) is 5.28. The van der Waals surface area contributed by atoms with E-state index in [1.165, 1.54) is 0 Å². The highest BCUT2D eigenvalue weighted by Crippen LogP contribution is 2.28. The SMILES string of the molecule is C[C@@H](OC(=O)c1cc(-c2cccs2)nc2ccccc12)C(=O)NC(C)(C)C. The molecule has 140 valence electrons. The Bertz CT molecular complexity index is 975. The Labute approximate surface area is 162 Å². The van der Waals surface area contributed by atoms with Gasteiger partial charge in [-0.05, 0) is 51.3 Å². The van der Waals surface area contributed by atoms with Gasteiger partial charge in [0.15, 0.2) is 6.10 Å². The summed E-state index contributed by atoms with van der Waals surface area (Å²) in [7, 11) is 0. The van der Waals surface area contributed by atoms with Gasteiger partial charge in [-0.25, -0.2) is 9.78 Å². The number of carbonyl (C=O) groups excluding carboxylic acids is 2. The van der Waals surface area contributed by atoms with E-state index in [2.05, 4.69) is 10.3 Å². The average molecular weight is 382 g/mol. The van der Waals surface area contributed by atoms with E-state index in [0.717, 1.165) is 4.88 Å². The highest BCUT2D eigenvalue weighted by Gasteiger charge is 2.24. The first kappa shape index (κ1) is 19.0. The number of aromatic nitrogens is 1. The molecule has 0 saturated carbocycles. The molecule has 1 amide bonds. The van der Waals surface area contributed by atoms with Crippen molar-refractivity contribution in [1.82, 2.24) is 10.3 Å². The normalized spacial score (nSPS) is 12.6. The van der Waals surface area contributed by atoms with Gasteiger partial charge < -0.3 is 10.1 Å². The summed E-state index contributed by atoms with van der Waals surface area (Å²) in [6.45, 7) is 7.21. The number of para-hydroxylation sites is 1. The molecule has 0 spiro atoms. The lowest BCUT2D eigenvalue weighted by molar-refractivity contribution is -0.130. The third-order valence-corrected chi connectivity index (χ3v) is 4.75. The van der Waals surface area contributed by atoms with Gasteiger partial charge in [0, 0.05) is 10.9 Å². The molecule has 1 atom stereocenters. The van der Waals surface area contributed by atoms with Crippen LogP contribution in [0.25, 0.3) is 21.5 Å². The predicted molar refractivity (Wildman–Crippen MR) is 108 cm³/mol. The van der Waals surface area contributed by atoms with Crippen molar-refractivity contribution in [3.05, 3.63) is 53.4 Å². The molecule has 0 aliphatic carbocycles. The van der Waals surface area contributed by atoms with Gasteiger partial charge in [-0.15, -0.1) is 11.3 Å². The van der Waals surface area contributed by atoms with Crippen LogP contribution in [-0.4, -0.2) is 28.5 Å². The molecule has 0 bridgehead atoms. The van der Waals surface area contributed by atoms with Crippen LogP contribution in [0.3, 0.4) is 0 Å². The minimum atomic E-state index is -0.895. The van der Waals surface area contributed by atoms with Crippen molar-refractivity contribution in [3.8, 4) is 10.6 Å². The van der Waals surface area contributed by atoms with Gasteiger partial charge in [-0.3, -0.25) is 4.79 Å². The molecule has 0 aliphatic rings. The molecule has 2 heterocycles. The second kappa shape index (κ2) is 7.48. The molecule has 5 nitrogen and oxygen atoms in total. The first-order chi connectivity index (χ1) is 12.7. The number of benzene rings is 1. The Hall–Kier alpha value is -2.73. The topological polar surface area (TPSA) is 68.3 Å². The van der Waals surface area contributed by atoms with E-state index in [-0.39, 0.29) is 5.91 Å². The molecular formula is C21H22N2O3S. The first-order valence-corrected chi connectivity index (χ1v) is 9.59. The van der Waals surface area contributed by atoms with Crippen molar-refractivity contribution in [2.75, 3.05) is 0 Å². The average Bonchev–Trinajstić information content (AvgIpc) is 3.13. The lowest BCUT2D eigenvalue weighted by Gasteiger charge is -2.23. The largest absolute Gasteiger partial charge is 0.449 e. The minimum absolute atomic E-state index is 0.326. The van der Waals surface area contributed by atoms with E-state index in [0.29, 0.717) is 22.2 Å². The second-order valence-electron chi connectivity index (χ2n) is 7.34. The summed E-state index contributed by atoms with van der Waals surface area (Å²) in [6, 6.07) is 13.0. The maximum Gasteiger partial charge on any atom is 0.339 e. The van der Waals surface area contributed by atoms with Crippen LogP contribution in [0.4, 0.5) is 0 Å². The molecule has 0 aliphatic heterocycles. The van der Waals surface area contributed by atoms with Crippen LogP contribution in [0.1, 0.15) is 38.1 Å². The molecular weight excluding hydrogens is 360 g/mol. The summed E-state index contributed by atoms with van der Waals surface area (Å²) in [5.41, 5.74) is 1.43. The molecule has 0 unspecified atom stereocenters. The van der Waals surface area contributed by atoms with Crippen LogP contribution in [-0.2, 0) is 9.53 Å². The molecule has 2 aromatic heterocycles. The zero-order valence-electron chi connectivity index (χ0n) is 15.8. The fourth-order valence-electron chi connectivity index (χ4n) is 2.64. The lowest BCUT2D eigenvalue weighted by atomic mass is 10.1. The van der Waals surface area contributed by atoms with Gasteiger partial charge >= 0.3 is 5.97 Å². The summed E-state index contributed by atoms with van der Waals surface area (Å²) in [6.07, 6.45) is -0.895. The Morgan fingerprint density at radius 2 is 1.89 bits per heavy atom. The Morgan fingerprint density at radius 3 is 2.56 bits per heavy atom. The number of carbonyl (C=O) groups is 2. The molecule has 0 fully saturated rings. The number of ether oxygens (including phenoxy) is 1. The van der Waals surface area contributed by atoms with Crippen LogP contribution in [0, 0.1) is 0 Å². The van der Waals surface area contributed by atoms with Crippen molar-refractivity contribution in [2.24, 2.45) is 0 Å². The van der Waals surface area contributed by atoms with E-state index < -0.39 is 17.6 Å². The van der Waals surface area contributed by atoms with Gasteiger partial charge in [-0.2, -0.15) is 0 Å².